The summed E-state index contributed by atoms with van der Waals surface area (Å²) in [5, 5.41) is 3.87. The SMILES string of the molecule is C=C=c1c(=C)c#cc2cc(C)ccc12.CC. The highest BCUT2D eigenvalue weighted by Crippen LogP contribution is 2.07. The van der Waals surface area contributed by atoms with E-state index in [1.54, 1.807) is 0 Å². The van der Waals surface area contributed by atoms with E-state index in [9.17, 15) is 0 Å². The normalized spacial score (nSPS) is 8.69. The second-order valence-corrected chi connectivity index (χ2v) is 3.33. The Balaban J connectivity index is 0.000000606. The van der Waals surface area contributed by atoms with Crippen LogP contribution in [0.3, 0.4) is 0 Å². The van der Waals surface area contributed by atoms with Crippen LogP contribution in [0.5, 0.6) is 0 Å². The average Bonchev–Trinajstić information content (AvgIpc) is 2.32. The van der Waals surface area contributed by atoms with E-state index in [0.717, 1.165) is 21.2 Å². The van der Waals surface area contributed by atoms with Crippen molar-refractivity contribution in [1.82, 2.24) is 0 Å². The summed E-state index contributed by atoms with van der Waals surface area (Å²) in [4.78, 5) is 0. The van der Waals surface area contributed by atoms with Crippen molar-refractivity contribution in [2.45, 2.75) is 20.8 Å². The van der Waals surface area contributed by atoms with Crippen molar-refractivity contribution in [1.29, 1.82) is 0 Å². The molecule has 0 saturated carbocycles. The van der Waals surface area contributed by atoms with Crippen LogP contribution in [0.4, 0.5) is 0 Å². The lowest BCUT2D eigenvalue weighted by atomic mass is 10.1. The summed E-state index contributed by atoms with van der Waals surface area (Å²) in [6, 6.07) is 12.3. The third kappa shape index (κ3) is 2.16. The summed E-state index contributed by atoms with van der Waals surface area (Å²) in [5.41, 5.74) is 4.11. The molecular weight excluding hydrogens is 192 g/mol. The Hall–Kier alpha value is -1.96. The van der Waals surface area contributed by atoms with Gasteiger partial charge in [0.25, 0.3) is 0 Å². The first-order valence-corrected chi connectivity index (χ1v) is 5.45. The number of hydrogen-bond donors (Lipinski definition) is 0. The van der Waals surface area contributed by atoms with Crippen molar-refractivity contribution in [3.05, 3.63) is 52.9 Å². The minimum atomic E-state index is 0.802. The van der Waals surface area contributed by atoms with Crippen molar-refractivity contribution in [3.63, 3.8) is 0 Å². The zero-order valence-corrected chi connectivity index (χ0v) is 10.1. The summed E-state index contributed by atoms with van der Waals surface area (Å²) in [6.07, 6.45) is 0. The van der Waals surface area contributed by atoms with Gasteiger partial charge in [-0.3, -0.25) is 0 Å². The van der Waals surface area contributed by atoms with Crippen LogP contribution in [0.1, 0.15) is 19.4 Å². The summed E-state index contributed by atoms with van der Waals surface area (Å²) in [7, 11) is 0. The molecule has 0 amide bonds. The first kappa shape index (κ1) is 12.1. The quantitative estimate of drug-likeness (QED) is 0.624. The van der Waals surface area contributed by atoms with E-state index in [1.807, 2.05) is 13.8 Å². The molecule has 0 N–H and O–H groups in total. The lowest BCUT2D eigenvalue weighted by Crippen LogP contribution is -2.21. The molecule has 0 spiro atoms. The Labute approximate surface area is 97.2 Å². The molecule has 0 unspecified atom stereocenters. The first-order valence-electron chi connectivity index (χ1n) is 5.45. The van der Waals surface area contributed by atoms with Crippen molar-refractivity contribution in [3.8, 4) is 0 Å². The van der Waals surface area contributed by atoms with Gasteiger partial charge in [0, 0.05) is 21.2 Å². The maximum atomic E-state index is 3.87. The van der Waals surface area contributed by atoms with Gasteiger partial charge in [-0.25, -0.2) is 0 Å². The fraction of sp³-hybridized carbons (Fsp3) is 0.188. The summed E-state index contributed by atoms with van der Waals surface area (Å²) >= 11 is 0. The number of aryl methyl sites for hydroxylation is 1. The molecule has 0 saturated heterocycles. The molecule has 0 nitrogen and oxygen atoms in total. The molecule has 0 aromatic heterocycles. The lowest BCUT2D eigenvalue weighted by molar-refractivity contribution is 1.50. The second-order valence-electron chi connectivity index (χ2n) is 3.33. The smallest absolute Gasteiger partial charge is 0.0394 e. The van der Waals surface area contributed by atoms with Crippen LogP contribution in [-0.4, -0.2) is 0 Å². The molecule has 0 atom stereocenters. The summed E-state index contributed by atoms with van der Waals surface area (Å²) in [6.45, 7) is 13.6. The van der Waals surface area contributed by atoms with Crippen LogP contribution < -0.4 is 10.4 Å². The minimum Gasteiger partial charge on any atom is -0.119 e. The molecule has 0 heterocycles. The van der Waals surface area contributed by atoms with Gasteiger partial charge < -0.3 is 0 Å². The van der Waals surface area contributed by atoms with E-state index in [1.165, 1.54) is 5.56 Å². The molecule has 2 rings (SSSR count). The zero-order chi connectivity index (χ0) is 12.1. The third-order valence-electron chi connectivity index (χ3n) is 2.27. The first-order chi connectivity index (χ1) is 7.72. The molecule has 0 heteroatoms. The Morgan fingerprint density at radius 3 is 2.50 bits per heavy atom. The maximum absolute atomic E-state index is 3.87. The van der Waals surface area contributed by atoms with Crippen LogP contribution in [-0.2, 0) is 0 Å². The van der Waals surface area contributed by atoms with Gasteiger partial charge in [0.2, 0.25) is 0 Å². The largest absolute Gasteiger partial charge is 0.119 e. The van der Waals surface area contributed by atoms with Crippen LogP contribution in [0, 0.1) is 19.1 Å². The average molecular weight is 208 g/mol. The van der Waals surface area contributed by atoms with Crippen molar-refractivity contribution < 1.29 is 0 Å². The standard InChI is InChI=1S/C14H10.C2H6/c1-4-13-11(3)6-7-12-9-10(2)5-8-14(12)13;1-2/h5,8-9H,1,3H2,2H3;1-2H3. The summed E-state index contributed by atoms with van der Waals surface area (Å²) < 4.78 is 0. The van der Waals surface area contributed by atoms with Gasteiger partial charge in [-0.2, -0.15) is 0 Å². The fourth-order valence-corrected chi connectivity index (χ4v) is 1.55. The number of fused-ring (bicyclic) bond motifs is 1. The molecule has 0 aliphatic rings. The Morgan fingerprint density at radius 1 is 1.19 bits per heavy atom. The number of hydrogen-bond acceptors (Lipinski definition) is 0. The van der Waals surface area contributed by atoms with Gasteiger partial charge in [-0.15, -0.1) is 5.73 Å². The number of benzene rings is 1. The van der Waals surface area contributed by atoms with E-state index < -0.39 is 0 Å². The van der Waals surface area contributed by atoms with Gasteiger partial charge in [0.15, 0.2) is 0 Å². The van der Waals surface area contributed by atoms with E-state index in [4.69, 9.17) is 0 Å². The van der Waals surface area contributed by atoms with Gasteiger partial charge in [0.05, 0.1) is 0 Å². The molecule has 16 heavy (non-hydrogen) atoms. The second kappa shape index (κ2) is 5.21. The van der Waals surface area contributed by atoms with Crippen LogP contribution in [0.2, 0.25) is 0 Å². The molecule has 80 valence electrons. The highest BCUT2D eigenvalue weighted by atomic mass is 14.0. The highest BCUT2D eigenvalue weighted by Gasteiger charge is 1.94. The van der Waals surface area contributed by atoms with Crippen molar-refractivity contribution >= 4 is 23.1 Å². The topological polar surface area (TPSA) is 0 Å². The highest BCUT2D eigenvalue weighted by molar-refractivity contribution is 5.82. The van der Waals surface area contributed by atoms with Gasteiger partial charge >= 0.3 is 0 Å². The van der Waals surface area contributed by atoms with E-state index in [2.05, 4.69) is 56.1 Å². The van der Waals surface area contributed by atoms with E-state index in [0.29, 0.717) is 0 Å². The van der Waals surface area contributed by atoms with Crippen LogP contribution in [0.25, 0.3) is 23.1 Å². The van der Waals surface area contributed by atoms with Crippen molar-refractivity contribution in [2.75, 3.05) is 0 Å². The fourth-order valence-electron chi connectivity index (χ4n) is 1.55. The Morgan fingerprint density at radius 2 is 1.88 bits per heavy atom. The monoisotopic (exact) mass is 208 g/mol. The van der Waals surface area contributed by atoms with E-state index in [-0.39, 0.29) is 0 Å². The Bertz CT molecular complexity index is 614. The molecule has 0 aliphatic carbocycles. The molecule has 0 bridgehead atoms. The molecule has 0 radical (unpaired) electrons. The van der Waals surface area contributed by atoms with Crippen molar-refractivity contribution in [2.24, 2.45) is 0 Å². The van der Waals surface area contributed by atoms with E-state index >= 15 is 0 Å². The van der Waals surface area contributed by atoms with Gasteiger partial charge in [-0.1, -0.05) is 51.3 Å². The Kier molecular flexibility index (Phi) is 3.95. The molecule has 0 fully saturated rings. The summed E-state index contributed by atoms with van der Waals surface area (Å²) in [5.74, 6) is 0. The predicted molar refractivity (Wildman–Crippen MR) is 71.5 cm³/mol. The molecule has 2 aromatic carbocycles. The zero-order valence-electron chi connectivity index (χ0n) is 10.1. The molecule has 0 aliphatic heterocycles. The van der Waals surface area contributed by atoms with Crippen LogP contribution in [0.15, 0.2) is 24.8 Å². The lowest BCUT2D eigenvalue weighted by Gasteiger charge is -1.95. The molecule has 2 aromatic rings. The maximum Gasteiger partial charge on any atom is 0.0394 e. The third-order valence-corrected chi connectivity index (χ3v) is 2.27. The molecular formula is C16H16. The van der Waals surface area contributed by atoms with Gasteiger partial charge in [-0.05, 0) is 18.6 Å². The number of rotatable bonds is 0. The minimum absolute atomic E-state index is 0.802. The van der Waals surface area contributed by atoms with Crippen LogP contribution >= 0.6 is 0 Å². The predicted octanol–water partition coefficient (Wildman–Crippen LogP) is 2.75. The van der Waals surface area contributed by atoms with Gasteiger partial charge in [0.1, 0.15) is 0 Å².